The van der Waals surface area contributed by atoms with E-state index >= 15 is 0 Å². The van der Waals surface area contributed by atoms with Gasteiger partial charge in [-0.25, -0.2) is 9.78 Å². The van der Waals surface area contributed by atoms with Crippen molar-refractivity contribution in [2.45, 2.75) is 26.3 Å². The number of pyridine rings is 1. The van der Waals surface area contributed by atoms with Gasteiger partial charge in [-0.3, -0.25) is 0 Å². The molecule has 7 nitrogen and oxygen atoms in total. The van der Waals surface area contributed by atoms with Crippen molar-refractivity contribution < 1.29 is 9.53 Å². The van der Waals surface area contributed by atoms with Crippen LogP contribution in [0.15, 0.2) is 72.9 Å². The second-order valence-electron chi connectivity index (χ2n) is 8.79. The molecule has 0 radical (unpaired) electrons. The normalized spacial score (nSPS) is 15.9. The SMILES string of the molecule is CCOC(=O)c1ccc(N2CCN(c3nnc(Cc4ccccc4)c4ccccc34)CC2C)nc1. The van der Waals surface area contributed by atoms with E-state index in [4.69, 9.17) is 9.84 Å². The smallest absolute Gasteiger partial charge is 0.339 e. The molecule has 1 unspecified atom stereocenters. The fraction of sp³-hybridized carbons (Fsp3) is 0.286. The number of piperazine rings is 1. The Kier molecular flexibility index (Phi) is 6.57. The van der Waals surface area contributed by atoms with E-state index in [9.17, 15) is 4.79 Å². The van der Waals surface area contributed by atoms with Gasteiger partial charge in [-0.05, 0) is 31.5 Å². The summed E-state index contributed by atoms with van der Waals surface area (Å²) in [5.74, 6) is 1.44. The van der Waals surface area contributed by atoms with Crippen molar-refractivity contribution in [2.24, 2.45) is 0 Å². The number of carbonyl (C=O) groups is 1. The van der Waals surface area contributed by atoms with Crippen LogP contribution in [0.4, 0.5) is 11.6 Å². The van der Waals surface area contributed by atoms with E-state index < -0.39 is 0 Å². The summed E-state index contributed by atoms with van der Waals surface area (Å²) in [5.41, 5.74) is 2.69. The van der Waals surface area contributed by atoms with Gasteiger partial charge in [0.25, 0.3) is 0 Å². The average Bonchev–Trinajstić information content (AvgIpc) is 2.90. The van der Waals surface area contributed by atoms with E-state index in [2.05, 4.69) is 75.3 Å². The van der Waals surface area contributed by atoms with Crippen LogP contribution in [0, 0.1) is 0 Å². The van der Waals surface area contributed by atoms with Crippen molar-refractivity contribution in [3.63, 3.8) is 0 Å². The number of nitrogens with zero attached hydrogens (tertiary/aromatic N) is 5. The number of rotatable bonds is 6. The van der Waals surface area contributed by atoms with Gasteiger partial charge >= 0.3 is 5.97 Å². The van der Waals surface area contributed by atoms with Gasteiger partial charge in [0, 0.05) is 49.1 Å². The number of carbonyl (C=O) groups excluding carboxylic acids is 1. The van der Waals surface area contributed by atoms with Crippen molar-refractivity contribution in [2.75, 3.05) is 36.0 Å². The van der Waals surface area contributed by atoms with Gasteiger partial charge in [0.05, 0.1) is 17.9 Å². The summed E-state index contributed by atoms with van der Waals surface area (Å²) in [6, 6.07) is 22.7. The Hall–Kier alpha value is -4.00. The average molecular weight is 468 g/mol. The maximum Gasteiger partial charge on any atom is 0.339 e. The first kappa shape index (κ1) is 22.8. The van der Waals surface area contributed by atoms with E-state index in [1.807, 2.05) is 12.1 Å². The number of anilines is 2. The van der Waals surface area contributed by atoms with Crippen LogP contribution in [-0.2, 0) is 11.2 Å². The summed E-state index contributed by atoms with van der Waals surface area (Å²) in [7, 11) is 0. The number of hydrogen-bond donors (Lipinski definition) is 0. The van der Waals surface area contributed by atoms with Crippen LogP contribution < -0.4 is 9.80 Å². The lowest BCUT2D eigenvalue weighted by molar-refractivity contribution is 0.0526. The number of benzene rings is 2. The molecule has 1 aliphatic heterocycles. The molecule has 5 rings (SSSR count). The number of aromatic nitrogens is 3. The third-order valence-electron chi connectivity index (χ3n) is 6.44. The first-order valence-electron chi connectivity index (χ1n) is 12.1. The third kappa shape index (κ3) is 4.80. The van der Waals surface area contributed by atoms with Crippen molar-refractivity contribution in [3.05, 3.63) is 89.7 Å². The Bertz CT molecular complexity index is 1310. The van der Waals surface area contributed by atoms with Gasteiger partial charge in [0.15, 0.2) is 5.82 Å². The molecule has 0 amide bonds. The predicted molar refractivity (Wildman–Crippen MR) is 138 cm³/mol. The zero-order valence-corrected chi connectivity index (χ0v) is 20.1. The minimum atomic E-state index is -0.342. The quantitative estimate of drug-likeness (QED) is 0.387. The molecule has 0 spiro atoms. The largest absolute Gasteiger partial charge is 0.462 e. The highest BCUT2D eigenvalue weighted by molar-refractivity contribution is 5.93. The second kappa shape index (κ2) is 10.1. The molecule has 3 heterocycles. The van der Waals surface area contributed by atoms with Gasteiger partial charge in [0.2, 0.25) is 0 Å². The number of hydrogen-bond acceptors (Lipinski definition) is 7. The molecular weight excluding hydrogens is 438 g/mol. The fourth-order valence-electron chi connectivity index (χ4n) is 4.68. The van der Waals surface area contributed by atoms with Gasteiger partial charge < -0.3 is 14.5 Å². The van der Waals surface area contributed by atoms with Gasteiger partial charge in [0.1, 0.15) is 5.82 Å². The molecule has 1 aliphatic rings. The molecule has 0 saturated carbocycles. The zero-order chi connectivity index (χ0) is 24.2. The summed E-state index contributed by atoms with van der Waals surface area (Å²) in [6.07, 6.45) is 2.35. The molecule has 2 aromatic heterocycles. The molecule has 4 aromatic rings. The molecule has 0 aliphatic carbocycles. The third-order valence-corrected chi connectivity index (χ3v) is 6.44. The van der Waals surface area contributed by atoms with E-state index in [-0.39, 0.29) is 12.0 Å². The van der Waals surface area contributed by atoms with Gasteiger partial charge in [-0.2, -0.15) is 5.10 Å². The lowest BCUT2D eigenvalue weighted by Gasteiger charge is -2.41. The Morgan fingerprint density at radius 1 is 0.971 bits per heavy atom. The van der Waals surface area contributed by atoms with Crippen LogP contribution in [0.2, 0.25) is 0 Å². The van der Waals surface area contributed by atoms with E-state index in [1.165, 1.54) is 5.56 Å². The van der Waals surface area contributed by atoms with Crippen LogP contribution in [0.3, 0.4) is 0 Å². The minimum absolute atomic E-state index is 0.217. The lowest BCUT2D eigenvalue weighted by Crippen LogP contribution is -2.52. The zero-order valence-electron chi connectivity index (χ0n) is 20.1. The molecular formula is C28H29N5O2. The van der Waals surface area contributed by atoms with Crippen LogP contribution in [0.1, 0.15) is 35.5 Å². The summed E-state index contributed by atoms with van der Waals surface area (Å²) in [6.45, 7) is 6.75. The lowest BCUT2D eigenvalue weighted by atomic mass is 10.0. The van der Waals surface area contributed by atoms with E-state index in [0.29, 0.717) is 12.2 Å². The summed E-state index contributed by atoms with van der Waals surface area (Å²) >= 11 is 0. The van der Waals surface area contributed by atoms with E-state index in [0.717, 1.165) is 54.2 Å². The van der Waals surface area contributed by atoms with Crippen LogP contribution in [-0.4, -0.2) is 53.4 Å². The Morgan fingerprint density at radius 3 is 2.46 bits per heavy atom. The van der Waals surface area contributed by atoms with Gasteiger partial charge in [-0.1, -0.05) is 54.6 Å². The maximum atomic E-state index is 11.9. The highest BCUT2D eigenvalue weighted by Crippen LogP contribution is 2.29. The first-order valence-corrected chi connectivity index (χ1v) is 12.1. The maximum absolute atomic E-state index is 11.9. The number of fused-ring (bicyclic) bond motifs is 1. The van der Waals surface area contributed by atoms with Crippen LogP contribution in [0.5, 0.6) is 0 Å². The first-order chi connectivity index (χ1) is 17.1. The fourth-order valence-corrected chi connectivity index (χ4v) is 4.68. The van der Waals surface area contributed by atoms with Crippen LogP contribution in [0.25, 0.3) is 10.8 Å². The number of ether oxygens (including phenoxy) is 1. The van der Waals surface area contributed by atoms with Crippen molar-refractivity contribution in [3.8, 4) is 0 Å². The van der Waals surface area contributed by atoms with Crippen LogP contribution >= 0.6 is 0 Å². The minimum Gasteiger partial charge on any atom is -0.462 e. The van der Waals surface area contributed by atoms with E-state index in [1.54, 1.807) is 19.2 Å². The molecule has 0 N–H and O–H groups in total. The van der Waals surface area contributed by atoms with Crippen molar-refractivity contribution in [1.29, 1.82) is 0 Å². The molecule has 1 fully saturated rings. The summed E-state index contributed by atoms with van der Waals surface area (Å²) in [4.78, 5) is 21.1. The molecule has 178 valence electrons. The Morgan fingerprint density at radius 2 is 1.74 bits per heavy atom. The molecule has 35 heavy (non-hydrogen) atoms. The molecule has 7 heteroatoms. The molecule has 2 aromatic carbocycles. The molecule has 1 atom stereocenters. The Labute approximate surface area is 205 Å². The Balaban J connectivity index is 1.35. The van der Waals surface area contributed by atoms with Crippen molar-refractivity contribution >= 4 is 28.4 Å². The summed E-state index contributed by atoms with van der Waals surface area (Å²) in [5, 5.41) is 11.6. The topological polar surface area (TPSA) is 71.5 Å². The number of esters is 1. The molecule has 0 bridgehead atoms. The highest BCUT2D eigenvalue weighted by atomic mass is 16.5. The predicted octanol–water partition coefficient (Wildman–Crippen LogP) is 4.51. The second-order valence-corrected chi connectivity index (χ2v) is 8.79. The monoisotopic (exact) mass is 467 g/mol. The van der Waals surface area contributed by atoms with Crippen molar-refractivity contribution in [1.82, 2.24) is 15.2 Å². The van der Waals surface area contributed by atoms with Gasteiger partial charge in [-0.15, -0.1) is 5.10 Å². The standard InChI is InChI=1S/C28H29N5O2/c1-3-35-28(34)22-13-14-26(29-18-22)33-16-15-32(19-20(33)2)27-24-12-8-7-11-23(24)25(30-31-27)17-21-9-5-4-6-10-21/h4-14,18,20H,3,15-17,19H2,1-2H3. The summed E-state index contributed by atoms with van der Waals surface area (Å²) < 4.78 is 5.06. The molecule has 1 saturated heterocycles. The highest BCUT2D eigenvalue weighted by Gasteiger charge is 2.27.